The van der Waals surface area contributed by atoms with Crippen molar-refractivity contribution in [2.75, 3.05) is 47.5 Å². The van der Waals surface area contributed by atoms with Crippen LogP contribution < -0.4 is 14.2 Å². The minimum atomic E-state index is 0.188. The van der Waals surface area contributed by atoms with Crippen LogP contribution >= 0.6 is 11.3 Å². The first-order valence-corrected chi connectivity index (χ1v) is 10.9. The molecule has 1 aliphatic heterocycles. The summed E-state index contributed by atoms with van der Waals surface area (Å²) in [5, 5.41) is 0. The number of hydrogen-bond acceptors (Lipinski definition) is 6. The Morgan fingerprint density at radius 3 is 2.41 bits per heavy atom. The van der Waals surface area contributed by atoms with Gasteiger partial charge in [0.25, 0.3) is 5.91 Å². The van der Waals surface area contributed by atoms with E-state index in [9.17, 15) is 4.79 Å². The summed E-state index contributed by atoms with van der Waals surface area (Å²) in [6, 6.07) is 6.05. The van der Waals surface area contributed by atoms with E-state index in [0.29, 0.717) is 17.2 Å². The second kappa shape index (κ2) is 8.63. The quantitative estimate of drug-likeness (QED) is 0.724. The maximum absolute atomic E-state index is 12.9. The normalized spacial score (nSPS) is 16.6. The van der Waals surface area contributed by atoms with E-state index in [-0.39, 0.29) is 5.91 Å². The van der Waals surface area contributed by atoms with Gasteiger partial charge in [0, 0.05) is 43.2 Å². The minimum Gasteiger partial charge on any atom is -0.493 e. The molecular formula is C22H28N2O4S. The van der Waals surface area contributed by atoms with Gasteiger partial charge in [0.05, 0.1) is 26.2 Å². The van der Waals surface area contributed by atoms with Gasteiger partial charge in [-0.3, -0.25) is 9.69 Å². The molecule has 1 fully saturated rings. The first kappa shape index (κ1) is 20.0. The number of amides is 1. The molecule has 0 radical (unpaired) electrons. The van der Waals surface area contributed by atoms with Crippen LogP contribution in [0.3, 0.4) is 0 Å². The Labute approximate surface area is 176 Å². The second-order valence-corrected chi connectivity index (χ2v) is 8.61. The molecule has 2 aromatic rings. The molecule has 7 heteroatoms. The Hall–Kier alpha value is -2.25. The molecule has 4 rings (SSSR count). The standard InChI is InChI=1S/C22H28N2O4S/c1-26-17-8-7-16(20(27-2)21(17)28-3)14-23-9-11-24(12-10-23)22(25)19-13-15-5-4-6-18(15)29-19/h7-8,13H,4-6,9-12,14H2,1-3H3. The summed E-state index contributed by atoms with van der Waals surface area (Å²) in [7, 11) is 4.89. The van der Waals surface area contributed by atoms with Crippen LogP contribution in [0.1, 0.15) is 32.1 Å². The van der Waals surface area contributed by atoms with Gasteiger partial charge < -0.3 is 19.1 Å². The van der Waals surface area contributed by atoms with Crippen molar-refractivity contribution in [1.29, 1.82) is 0 Å². The molecule has 0 atom stereocenters. The molecule has 156 valence electrons. The van der Waals surface area contributed by atoms with Crippen LogP contribution in [0.15, 0.2) is 18.2 Å². The number of nitrogens with zero attached hydrogens (tertiary/aromatic N) is 2. The van der Waals surface area contributed by atoms with Gasteiger partial charge in [-0.25, -0.2) is 0 Å². The highest BCUT2D eigenvalue weighted by Crippen LogP contribution is 2.40. The van der Waals surface area contributed by atoms with E-state index >= 15 is 0 Å². The average Bonchev–Trinajstić information content (AvgIpc) is 3.35. The Balaban J connectivity index is 1.39. The Morgan fingerprint density at radius 1 is 1.00 bits per heavy atom. The molecule has 0 unspecified atom stereocenters. The van der Waals surface area contributed by atoms with Crippen molar-refractivity contribution in [3.63, 3.8) is 0 Å². The van der Waals surface area contributed by atoms with Gasteiger partial charge >= 0.3 is 0 Å². The summed E-state index contributed by atoms with van der Waals surface area (Å²) in [6.45, 7) is 3.93. The molecule has 29 heavy (non-hydrogen) atoms. The average molecular weight is 417 g/mol. The number of hydrogen-bond donors (Lipinski definition) is 0. The Kier molecular flexibility index (Phi) is 5.96. The monoisotopic (exact) mass is 416 g/mol. The summed E-state index contributed by atoms with van der Waals surface area (Å²) in [6.07, 6.45) is 3.49. The highest BCUT2D eigenvalue weighted by molar-refractivity contribution is 7.14. The highest BCUT2D eigenvalue weighted by atomic mass is 32.1. The van der Waals surface area contributed by atoms with Crippen LogP contribution in [0.25, 0.3) is 0 Å². The van der Waals surface area contributed by atoms with Crippen LogP contribution in [0.4, 0.5) is 0 Å². The third kappa shape index (κ3) is 3.94. The third-order valence-corrected chi connectivity index (χ3v) is 7.02. The van der Waals surface area contributed by atoms with E-state index in [2.05, 4.69) is 11.0 Å². The SMILES string of the molecule is COc1ccc(CN2CCN(C(=O)c3cc4c(s3)CCC4)CC2)c(OC)c1OC. The van der Waals surface area contributed by atoms with Crippen molar-refractivity contribution < 1.29 is 19.0 Å². The number of piperazine rings is 1. The number of thiophene rings is 1. The van der Waals surface area contributed by atoms with Gasteiger partial charge in [-0.15, -0.1) is 11.3 Å². The van der Waals surface area contributed by atoms with Crippen molar-refractivity contribution in [3.05, 3.63) is 39.1 Å². The molecule has 6 nitrogen and oxygen atoms in total. The zero-order chi connectivity index (χ0) is 20.4. The summed E-state index contributed by atoms with van der Waals surface area (Å²) < 4.78 is 16.5. The molecule has 0 spiro atoms. The van der Waals surface area contributed by atoms with Crippen molar-refractivity contribution in [1.82, 2.24) is 9.80 Å². The molecule has 0 bridgehead atoms. The molecule has 2 heterocycles. The first-order chi connectivity index (χ1) is 14.1. The van der Waals surface area contributed by atoms with Crippen molar-refractivity contribution in [2.45, 2.75) is 25.8 Å². The lowest BCUT2D eigenvalue weighted by Crippen LogP contribution is -2.48. The van der Waals surface area contributed by atoms with Crippen LogP contribution in [0.2, 0.25) is 0 Å². The first-order valence-electron chi connectivity index (χ1n) is 10.1. The number of rotatable bonds is 6. The smallest absolute Gasteiger partial charge is 0.264 e. The fraction of sp³-hybridized carbons (Fsp3) is 0.500. The Bertz CT molecular complexity index is 866. The molecule has 0 saturated carbocycles. The number of carbonyl (C=O) groups excluding carboxylic acids is 1. The van der Waals surface area contributed by atoms with E-state index < -0.39 is 0 Å². The molecule has 1 aromatic heterocycles. The molecule has 2 aliphatic rings. The lowest BCUT2D eigenvalue weighted by atomic mass is 10.1. The maximum atomic E-state index is 12.9. The van der Waals surface area contributed by atoms with Crippen LogP contribution in [0.5, 0.6) is 17.2 Å². The van der Waals surface area contributed by atoms with Crippen molar-refractivity contribution in [3.8, 4) is 17.2 Å². The minimum absolute atomic E-state index is 0.188. The summed E-state index contributed by atoms with van der Waals surface area (Å²) in [5.74, 6) is 2.17. The predicted molar refractivity (Wildman–Crippen MR) is 114 cm³/mol. The van der Waals surface area contributed by atoms with E-state index in [0.717, 1.165) is 56.0 Å². The molecule has 1 aliphatic carbocycles. The van der Waals surface area contributed by atoms with Gasteiger partial charge in [-0.05, 0) is 37.0 Å². The largest absolute Gasteiger partial charge is 0.493 e. The maximum Gasteiger partial charge on any atom is 0.264 e. The highest BCUT2D eigenvalue weighted by Gasteiger charge is 2.26. The van der Waals surface area contributed by atoms with Gasteiger partial charge in [0.2, 0.25) is 5.75 Å². The fourth-order valence-corrected chi connectivity index (χ4v) is 5.45. The molecule has 0 N–H and O–H groups in total. The number of benzene rings is 1. The molecule has 1 amide bonds. The van der Waals surface area contributed by atoms with Crippen LogP contribution in [-0.2, 0) is 19.4 Å². The van der Waals surface area contributed by atoms with Crippen LogP contribution in [0, 0.1) is 0 Å². The number of aryl methyl sites for hydroxylation is 2. The topological polar surface area (TPSA) is 51.2 Å². The van der Waals surface area contributed by atoms with Gasteiger partial charge in [-0.2, -0.15) is 0 Å². The summed E-state index contributed by atoms with van der Waals surface area (Å²) >= 11 is 1.69. The summed E-state index contributed by atoms with van der Waals surface area (Å²) in [5.41, 5.74) is 2.44. The second-order valence-electron chi connectivity index (χ2n) is 7.47. The number of methoxy groups -OCH3 is 3. The molecular weight excluding hydrogens is 388 g/mol. The summed E-state index contributed by atoms with van der Waals surface area (Å²) in [4.78, 5) is 19.5. The van der Waals surface area contributed by atoms with E-state index in [1.807, 2.05) is 17.0 Å². The molecule has 1 saturated heterocycles. The lowest BCUT2D eigenvalue weighted by molar-refractivity contribution is 0.0632. The van der Waals surface area contributed by atoms with E-state index in [1.54, 1.807) is 32.7 Å². The fourth-order valence-electron chi connectivity index (χ4n) is 4.23. The van der Waals surface area contributed by atoms with E-state index in [4.69, 9.17) is 14.2 Å². The lowest BCUT2D eigenvalue weighted by Gasteiger charge is -2.34. The Morgan fingerprint density at radius 2 is 1.76 bits per heavy atom. The number of ether oxygens (including phenoxy) is 3. The van der Waals surface area contributed by atoms with Crippen molar-refractivity contribution in [2.24, 2.45) is 0 Å². The van der Waals surface area contributed by atoms with Crippen molar-refractivity contribution >= 4 is 17.2 Å². The zero-order valence-electron chi connectivity index (χ0n) is 17.3. The number of fused-ring (bicyclic) bond motifs is 1. The van der Waals surface area contributed by atoms with Gasteiger partial charge in [0.15, 0.2) is 11.5 Å². The van der Waals surface area contributed by atoms with E-state index in [1.165, 1.54) is 16.9 Å². The van der Waals surface area contributed by atoms with Gasteiger partial charge in [-0.1, -0.05) is 6.07 Å². The van der Waals surface area contributed by atoms with Crippen LogP contribution in [-0.4, -0.2) is 63.2 Å². The zero-order valence-corrected chi connectivity index (χ0v) is 18.1. The van der Waals surface area contributed by atoms with Gasteiger partial charge in [0.1, 0.15) is 0 Å². The molecule has 1 aromatic carbocycles. The number of carbonyl (C=O) groups is 1. The third-order valence-electron chi connectivity index (χ3n) is 5.80. The predicted octanol–water partition coefficient (Wildman–Crippen LogP) is 3.22.